The second-order valence-electron chi connectivity index (χ2n) is 7.77. The van der Waals surface area contributed by atoms with E-state index < -0.39 is 85.2 Å². The Morgan fingerprint density at radius 2 is 1.33 bits per heavy atom. The van der Waals surface area contributed by atoms with E-state index >= 15 is 0 Å². The molecule has 0 spiro atoms. The molecule has 0 bridgehead atoms. The zero-order valence-corrected chi connectivity index (χ0v) is 19.5. The summed E-state index contributed by atoms with van der Waals surface area (Å²) in [6.45, 7) is 1.27. The lowest BCUT2D eigenvalue weighted by molar-refractivity contribution is -0.144. The summed E-state index contributed by atoms with van der Waals surface area (Å²) in [7, 11) is 0. The molecule has 0 fully saturated rings. The summed E-state index contributed by atoms with van der Waals surface area (Å²) in [6.07, 6.45) is -3.28. The molecule has 0 radical (unpaired) electrons. The van der Waals surface area contributed by atoms with Gasteiger partial charge in [-0.3, -0.25) is 29.0 Å². The van der Waals surface area contributed by atoms with Crippen LogP contribution in [-0.2, 0) is 28.8 Å². The third-order valence-corrected chi connectivity index (χ3v) is 4.67. The number of nitrogens with one attached hydrogen (secondary N) is 3. The highest BCUT2D eigenvalue weighted by atomic mass is 16.4. The summed E-state index contributed by atoms with van der Waals surface area (Å²) in [5.74, 6) is -7.73. The molecular weight excluding hydrogens is 486 g/mol. The zero-order chi connectivity index (χ0) is 28.0. The number of aliphatic hydroxyl groups is 1. The number of carbonyl (C=O) groups excluding carboxylic acids is 3. The Morgan fingerprint density at radius 3 is 1.81 bits per heavy atom. The summed E-state index contributed by atoms with van der Waals surface area (Å²) >= 11 is 0. The van der Waals surface area contributed by atoms with Crippen molar-refractivity contribution in [3.05, 3.63) is 0 Å². The minimum Gasteiger partial charge on any atom is -0.481 e. The van der Waals surface area contributed by atoms with Crippen molar-refractivity contribution in [2.24, 2.45) is 22.2 Å². The normalized spacial score (nSPS) is 14.8. The summed E-state index contributed by atoms with van der Waals surface area (Å²) in [4.78, 5) is 74.8. The van der Waals surface area contributed by atoms with Gasteiger partial charge in [0.15, 0.2) is 5.96 Å². The van der Waals surface area contributed by atoms with Gasteiger partial charge in [-0.2, -0.15) is 0 Å². The molecule has 17 nitrogen and oxygen atoms in total. The molecule has 0 rings (SSSR count). The quantitative estimate of drug-likeness (QED) is 0.0493. The van der Waals surface area contributed by atoms with Gasteiger partial charge in [0.25, 0.3) is 0 Å². The first-order valence-corrected chi connectivity index (χ1v) is 10.7. The molecule has 5 atom stereocenters. The molecule has 3 amide bonds. The van der Waals surface area contributed by atoms with E-state index in [0.29, 0.717) is 0 Å². The Labute approximate surface area is 205 Å². The molecule has 36 heavy (non-hydrogen) atoms. The van der Waals surface area contributed by atoms with Gasteiger partial charge in [-0.05, 0) is 26.2 Å². The van der Waals surface area contributed by atoms with Crippen molar-refractivity contribution in [1.82, 2.24) is 16.0 Å². The molecule has 17 heteroatoms. The van der Waals surface area contributed by atoms with Crippen molar-refractivity contribution in [3.8, 4) is 0 Å². The Hall–Kier alpha value is -3.99. The fourth-order valence-corrected chi connectivity index (χ4v) is 2.71. The van der Waals surface area contributed by atoms with Gasteiger partial charge in [-0.1, -0.05) is 0 Å². The highest BCUT2D eigenvalue weighted by Gasteiger charge is 2.32. The summed E-state index contributed by atoms with van der Waals surface area (Å²) in [5, 5.41) is 43.2. The van der Waals surface area contributed by atoms with Crippen LogP contribution in [0.3, 0.4) is 0 Å². The molecule has 0 aromatic carbocycles. The van der Waals surface area contributed by atoms with E-state index in [1.807, 2.05) is 5.32 Å². The van der Waals surface area contributed by atoms with Crippen LogP contribution in [0.4, 0.5) is 0 Å². The summed E-state index contributed by atoms with van der Waals surface area (Å²) in [5.41, 5.74) is 15.8. The lowest BCUT2D eigenvalue weighted by Gasteiger charge is -2.24. The number of hydrogen-bond acceptors (Lipinski definition) is 9. The van der Waals surface area contributed by atoms with Gasteiger partial charge < -0.3 is 53.6 Å². The van der Waals surface area contributed by atoms with Crippen molar-refractivity contribution >= 4 is 41.6 Å². The van der Waals surface area contributed by atoms with Crippen molar-refractivity contribution in [3.63, 3.8) is 0 Å². The SMILES string of the molecule is CC(O)C(N)C(=O)NC(CC(=O)O)C(=O)NC(CCC(=O)O)C(=O)NC(CCCN=C(N)N)C(=O)O. The molecule has 13 N–H and O–H groups in total. The van der Waals surface area contributed by atoms with Gasteiger partial charge in [-0.25, -0.2) is 4.79 Å². The van der Waals surface area contributed by atoms with E-state index in [9.17, 15) is 39.0 Å². The Balaban J connectivity index is 5.57. The number of rotatable bonds is 17. The second kappa shape index (κ2) is 15.8. The van der Waals surface area contributed by atoms with E-state index in [1.54, 1.807) is 0 Å². The Morgan fingerprint density at radius 1 is 0.806 bits per heavy atom. The average molecular weight is 520 g/mol. The van der Waals surface area contributed by atoms with Crippen molar-refractivity contribution < 1.29 is 49.2 Å². The molecule has 0 aromatic heterocycles. The van der Waals surface area contributed by atoms with Crippen molar-refractivity contribution in [1.29, 1.82) is 0 Å². The van der Waals surface area contributed by atoms with Gasteiger partial charge in [0.05, 0.1) is 12.5 Å². The monoisotopic (exact) mass is 519 g/mol. The van der Waals surface area contributed by atoms with Gasteiger partial charge in [0.1, 0.15) is 24.2 Å². The first-order valence-electron chi connectivity index (χ1n) is 10.7. The van der Waals surface area contributed by atoms with Crippen LogP contribution >= 0.6 is 0 Å². The minimum atomic E-state index is -1.74. The molecule has 5 unspecified atom stereocenters. The number of nitrogens with two attached hydrogens (primary N) is 3. The van der Waals surface area contributed by atoms with E-state index in [1.165, 1.54) is 6.92 Å². The smallest absolute Gasteiger partial charge is 0.326 e. The molecule has 0 aromatic rings. The molecule has 204 valence electrons. The molecule has 0 saturated carbocycles. The molecular formula is C19H33N7O10. The largest absolute Gasteiger partial charge is 0.481 e. The number of hydrogen-bond donors (Lipinski definition) is 10. The van der Waals surface area contributed by atoms with Crippen LogP contribution < -0.4 is 33.2 Å². The number of aliphatic imine (C=N–C) groups is 1. The number of amides is 3. The molecule has 0 heterocycles. The average Bonchev–Trinajstić information content (AvgIpc) is 2.76. The predicted octanol–water partition coefficient (Wildman–Crippen LogP) is -4.37. The van der Waals surface area contributed by atoms with Gasteiger partial charge in [0, 0.05) is 13.0 Å². The number of carboxylic acids is 3. The summed E-state index contributed by atoms with van der Waals surface area (Å²) in [6, 6.07) is -6.26. The van der Waals surface area contributed by atoms with Crippen LogP contribution in [0.25, 0.3) is 0 Å². The highest BCUT2D eigenvalue weighted by Crippen LogP contribution is 2.05. The maximum atomic E-state index is 12.7. The molecule has 0 aliphatic rings. The third kappa shape index (κ3) is 13.0. The Kier molecular flexibility index (Phi) is 14.1. The topological polar surface area (TPSA) is 310 Å². The number of aliphatic carboxylic acids is 3. The number of carbonyl (C=O) groups is 6. The number of guanidine groups is 1. The fourth-order valence-electron chi connectivity index (χ4n) is 2.71. The van der Waals surface area contributed by atoms with E-state index in [0.717, 1.165) is 0 Å². The van der Waals surface area contributed by atoms with Crippen molar-refractivity contribution in [2.45, 2.75) is 69.3 Å². The first-order chi connectivity index (χ1) is 16.6. The van der Waals surface area contributed by atoms with Crippen LogP contribution in [0.5, 0.6) is 0 Å². The van der Waals surface area contributed by atoms with Crippen molar-refractivity contribution in [2.75, 3.05) is 6.54 Å². The zero-order valence-electron chi connectivity index (χ0n) is 19.5. The Bertz CT molecular complexity index is 844. The molecule has 0 aliphatic heterocycles. The minimum absolute atomic E-state index is 0.0757. The first kappa shape index (κ1) is 32.0. The maximum Gasteiger partial charge on any atom is 0.326 e. The second-order valence-corrected chi connectivity index (χ2v) is 7.77. The van der Waals surface area contributed by atoms with Crippen LogP contribution in [0, 0.1) is 0 Å². The molecule has 0 saturated heterocycles. The number of nitrogens with zero attached hydrogens (tertiary/aromatic N) is 1. The lowest BCUT2D eigenvalue weighted by Crippen LogP contribution is -2.58. The lowest BCUT2D eigenvalue weighted by atomic mass is 10.1. The van der Waals surface area contributed by atoms with Crippen LogP contribution in [0.2, 0.25) is 0 Å². The van der Waals surface area contributed by atoms with Gasteiger partial charge in [-0.15, -0.1) is 0 Å². The van der Waals surface area contributed by atoms with E-state index in [-0.39, 0.29) is 25.3 Å². The van der Waals surface area contributed by atoms with Crippen LogP contribution in [0.15, 0.2) is 4.99 Å². The van der Waals surface area contributed by atoms with Gasteiger partial charge >= 0.3 is 17.9 Å². The van der Waals surface area contributed by atoms with Crippen LogP contribution in [-0.4, -0.2) is 98.8 Å². The predicted molar refractivity (Wildman–Crippen MR) is 122 cm³/mol. The van der Waals surface area contributed by atoms with E-state index in [4.69, 9.17) is 27.4 Å². The van der Waals surface area contributed by atoms with Gasteiger partial charge in [0.2, 0.25) is 17.7 Å². The maximum absolute atomic E-state index is 12.7. The van der Waals surface area contributed by atoms with Crippen LogP contribution in [0.1, 0.15) is 39.0 Å². The van der Waals surface area contributed by atoms with E-state index in [2.05, 4.69) is 15.6 Å². The standard InChI is InChI=1S/C19H33N7O10/c1-8(27)14(20)17(34)26-11(7-13(30)31)16(33)24-9(4-5-12(28)29)15(32)25-10(18(35)36)3-2-6-23-19(21)22/h8-11,14,27H,2-7,20H2,1H3,(H,24,33)(H,25,32)(H,26,34)(H,28,29)(H,30,31)(H,35,36)(H4,21,22,23). The highest BCUT2D eigenvalue weighted by molar-refractivity contribution is 5.95. The number of carboxylic acid groups (broad SMARTS) is 3. The molecule has 0 aliphatic carbocycles. The summed E-state index contributed by atoms with van der Waals surface area (Å²) < 4.78 is 0. The fraction of sp³-hybridized carbons (Fsp3) is 0.632. The third-order valence-electron chi connectivity index (χ3n) is 4.67. The number of aliphatic hydroxyl groups excluding tert-OH is 1.